The fourth-order valence-electron chi connectivity index (χ4n) is 1.70. The van der Waals surface area contributed by atoms with E-state index in [4.69, 9.17) is 5.73 Å². The highest BCUT2D eigenvalue weighted by atomic mass is 32.2. The maximum absolute atomic E-state index is 11.9. The first-order valence-corrected chi connectivity index (χ1v) is 6.30. The number of rotatable bonds is 3. The van der Waals surface area contributed by atoms with Gasteiger partial charge in [-0.25, -0.2) is 0 Å². The van der Waals surface area contributed by atoms with Crippen LogP contribution < -0.4 is 5.73 Å². The molecule has 14 heavy (non-hydrogen) atoms. The maximum atomic E-state index is 11.9. The van der Waals surface area contributed by atoms with E-state index in [1.807, 2.05) is 23.6 Å². The van der Waals surface area contributed by atoms with E-state index in [9.17, 15) is 4.79 Å². The van der Waals surface area contributed by atoms with E-state index in [2.05, 4.69) is 6.92 Å². The van der Waals surface area contributed by atoms with Crippen molar-refractivity contribution in [1.29, 1.82) is 0 Å². The Morgan fingerprint density at radius 3 is 3.00 bits per heavy atom. The van der Waals surface area contributed by atoms with Crippen LogP contribution in [0.3, 0.4) is 0 Å². The lowest BCUT2D eigenvalue weighted by molar-refractivity contribution is -0.135. The molecule has 1 aliphatic heterocycles. The van der Waals surface area contributed by atoms with Crippen LogP contribution in [0.2, 0.25) is 0 Å². The fourth-order valence-corrected chi connectivity index (χ4v) is 2.72. The first-order chi connectivity index (χ1) is 6.65. The minimum absolute atomic E-state index is 0.0929. The molecule has 0 saturated carbocycles. The Kier molecular flexibility index (Phi) is 4.75. The SMILES string of the molecule is CC1CN(C(=O)C(C)CCN)CCS1. The van der Waals surface area contributed by atoms with Gasteiger partial charge in [0.1, 0.15) is 0 Å². The van der Waals surface area contributed by atoms with Crippen molar-refractivity contribution in [1.82, 2.24) is 4.90 Å². The monoisotopic (exact) mass is 216 g/mol. The topological polar surface area (TPSA) is 46.3 Å². The summed E-state index contributed by atoms with van der Waals surface area (Å²) in [7, 11) is 0. The summed E-state index contributed by atoms with van der Waals surface area (Å²) in [6.45, 7) is 6.56. The number of hydrogen-bond donors (Lipinski definition) is 1. The average molecular weight is 216 g/mol. The van der Waals surface area contributed by atoms with Crippen molar-refractivity contribution < 1.29 is 4.79 Å². The molecule has 1 saturated heterocycles. The smallest absolute Gasteiger partial charge is 0.225 e. The van der Waals surface area contributed by atoms with Crippen LogP contribution in [-0.2, 0) is 4.79 Å². The standard InChI is InChI=1S/C10H20N2OS/c1-8(3-4-11)10(13)12-5-6-14-9(2)7-12/h8-9H,3-7,11H2,1-2H3. The van der Waals surface area contributed by atoms with Gasteiger partial charge >= 0.3 is 0 Å². The molecule has 1 aliphatic rings. The van der Waals surface area contributed by atoms with Gasteiger partial charge in [-0.05, 0) is 13.0 Å². The predicted octanol–water partition coefficient (Wildman–Crippen LogP) is 0.935. The quantitative estimate of drug-likeness (QED) is 0.763. The van der Waals surface area contributed by atoms with Crippen LogP contribution in [0, 0.1) is 5.92 Å². The molecule has 0 aromatic rings. The molecule has 1 rings (SSSR count). The average Bonchev–Trinajstić information content (AvgIpc) is 2.17. The summed E-state index contributed by atoms with van der Waals surface area (Å²) in [5, 5.41) is 0.581. The summed E-state index contributed by atoms with van der Waals surface area (Å²) in [5.41, 5.74) is 5.45. The molecule has 0 aromatic carbocycles. The van der Waals surface area contributed by atoms with E-state index < -0.39 is 0 Å². The molecule has 0 aliphatic carbocycles. The Morgan fingerprint density at radius 2 is 2.43 bits per heavy atom. The zero-order valence-electron chi connectivity index (χ0n) is 9.03. The molecule has 1 heterocycles. The molecule has 1 fully saturated rings. The second-order valence-corrected chi connectivity index (χ2v) is 5.49. The lowest BCUT2D eigenvalue weighted by Gasteiger charge is -2.32. The van der Waals surface area contributed by atoms with Crippen molar-refractivity contribution in [3.63, 3.8) is 0 Å². The number of hydrogen-bond acceptors (Lipinski definition) is 3. The summed E-state index contributed by atoms with van der Waals surface area (Å²) >= 11 is 1.95. The maximum Gasteiger partial charge on any atom is 0.225 e. The molecule has 0 spiro atoms. The van der Waals surface area contributed by atoms with E-state index in [1.54, 1.807) is 0 Å². The summed E-state index contributed by atoms with van der Waals surface area (Å²) in [6.07, 6.45) is 0.802. The molecular formula is C10H20N2OS. The van der Waals surface area contributed by atoms with Crippen molar-refractivity contribution in [2.45, 2.75) is 25.5 Å². The van der Waals surface area contributed by atoms with Crippen LogP contribution in [0.5, 0.6) is 0 Å². The zero-order chi connectivity index (χ0) is 10.6. The molecule has 82 valence electrons. The highest BCUT2D eigenvalue weighted by molar-refractivity contribution is 7.99. The summed E-state index contributed by atoms with van der Waals surface area (Å²) in [5.74, 6) is 1.44. The van der Waals surface area contributed by atoms with Crippen LogP contribution in [0.15, 0.2) is 0 Å². The van der Waals surface area contributed by atoms with Crippen LogP contribution in [-0.4, -0.2) is 41.4 Å². The Morgan fingerprint density at radius 1 is 1.71 bits per heavy atom. The lowest BCUT2D eigenvalue weighted by atomic mass is 10.1. The molecule has 2 atom stereocenters. The Balaban J connectivity index is 2.42. The van der Waals surface area contributed by atoms with Gasteiger partial charge in [0.2, 0.25) is 5.91 Å². The normalized spacial score (nSPS) is 24.8. The van der Waals surface area contributed by atoms with Crippen molar-refractivity contribution in [2.24, 2.45) is 11.7 Å². The number of amides is 1. The second-order valence-electron chi connectivity index (χ2n) is 3.94. The van der Waals surface area contributed by atoms with Gasteiger partial charge in [0, 0.05) is 30.0 Å². The third-order valence-corrected chi connectivity index (χ3v) is 3.71. The predicted molar refractivity (Wildman–Crippen MR) is 61.3 cm³/mol. The van der Waals surface area contributed by atoms with E-state index >= 15 is 0 Å². The minimum Gasteiger partial charge on any atom is -0.341 e. The summed E-state index contributed by atoms with van der Waals surface area (Å²) < 4.78 is 0. The van der Waals surface area contributed by atoms with Crippen LogP contribution in [0.25, 0.3) is 0 Å². The van der Waals surface area contributed by atoms with Crippen LogP contribution in [0.1, 0.15) is 20.3 Å². The zero-order valence-corrected chi connectivity index (χ0v) is 9.85. The lowest BCUT2D eigenvalue weighted by Crippen LogP contribution is -2.43. The third-order valence-electron chi connectivity index (χ3n) is 2.57. The number of nitrogens with two attached hydrogens (primary N) is 1. The Labute approximate surface area is 90.4 Å². The van der Waals surface area contributed by atoms with Crippen molar-refractivity contribution in [3.8, 4) is 0 Å². The van der Waals surface area contributed by atoms with Gasteiger partial charge < -0.3 is 10.6 Å². The van der Waals surface area contributed by atoms with E-state index in [1.165, 1.54) is 0 Å². The van der Waals surface area contributed by atoms with Gasteiger partial charge in [0.15, 0.2) is 0 Å². The fraction of sp³-hybridized carbons (Fsp3) is 0.900. The van der Waals surface area contributed by atoms with Gasteiger partial charge in [-0.15, -0.1) is 0 Å². The van der Waals surface area contributed by atoms with Gasteiger partial charge in [-0.1, -0.05) is 13.8 Å². The highest BCUT2D eigenvalue weighted by Crippen LogP contribution is 2.19. The van der Waals surface area contributed by atoms with Crippen LogP contribution >= 0.6 is 11.8 Å². The Hall–Kier alpha value is -0.220. The van der Waals surface area contributed by atoms with E-state index in [0.717, 1.165) is 25.3 Å². The van der Waals surface area contributed by atoms with E-state index in [-0.39, 0.29) is 11.8 Å². The van der Waals surface area contributed by atoms with Gasteiger partial charge in [-0.3, -0.25) is 4.79 Å². The number of thioether (sulfide) groups is 1. The third kappa shape index (κ3) is 3.17. The first-order valence-electron chi connectivity index (χ1n) is 5.25. The number of nitrogens with zero attached hydrogens (tertiary/aromatic N) is 1. The van der Waals surface area contributed by atoms with Crippen molar-refractivity contribution in [2.75, 3.05) is 25.4 Å². The van der Waals surface area contributed by atoms with Gasteiger partial charge in [0.25, 0.3) is 0 Å². The number of carbonyl (C=O) groups is 1. The molecule has 1 amide bonds. The van der Waals surface area contributed by atoms with Crippen molar-refractivity contribution in [3.05, 3.63) is 0 Å². The molecule has 3 nitrogen and oxygen atoms in total. The highest BCUT2D eigenvalue weighted by Gasteiger charge is 2.24. The molecule has 4 heteroatoms. The molecule has 2 unspecified atom stereocenters. The summed E-state index contributed by atoms with van der Waals surface area (Å²) in [6, 6.07) is 0. The Bertz CT molecular complexity index is 199. The number of carbonyl (C=O) groups excluding carboxylic acids is 1. The first kappa shape index (κ1) is 11.9. The second kappa shape index (κ2) is 5.61. The molecule has 0 radical (unpaired) electrons. The van der Waals surface area contributed by atoms with E-state index in [0.29, 0.717) is 11.8 Å². The van der Waals surface area contributed by atoms with Crippen LogP contribution in [0.4, 0.5) is 0 Å². The molecule has 2 N–H and O–H groups in total. The molecule has 0 aromatic heterocycles. The largest absolute Gasteiger partial charge is 0.341 e. The summed E-state index contributed by atoms with van der Waals surface area (Å²) in [4.78, 5) is 13.9. The van der Waals surface area contributed by atoms with Crippen molar-refractivity contribution >= 4 is 17.7 Å². The minimum atomic E-state index is 0.0929. The molecular weight excluding hydrogens is 196 g/mol. The molecule has 0 bridgehead atoms. The van der Waals surface area contributed by atoms with Gasteiger partial charge in [-0.2, -0.15) is 11.8 Å². The van der Waals surface area contributed by atoms with Gasteiger partial charge in [0.05, 0.1) is 0 Å².